The fourth-order valence-electron chi connectivity index (χ4n) is 2.15. The van der Waals surface area contributed by atoms with Crippen molar-refractivity contribution in [2.45, 2.75) is 13.8 Å². The summed E-state index contributed by atoms with van der Waals surface area (Å²) in [6.45, 7) is 3.98. The van der Waals surface area contributed by atoms with E-state index in [0.29, 0.717) is 5.75 Å². The van der Waals surface area contributed by atoms with Crippen LogP contribution in [0.15, 0.2) is 48.5 Å². The predicted octanol–water partition coefficient (Wildman–Crippen LogP) is 3.84. The van der Waals surface area contributed by atoms with Gasteiger partial charge in [-0.15, -0.1) is 0 Å². The molecule has 2 aromatic carbocycles. The lowest BCUT2D eigenvalue weighted by atomic mass is 10.1. The van der Waals surface area contributed by atoms with E-state index < -0.39 is 0 Å². The van der Waals surface area contributed by atoms with Crippen LogP contribution >= 0.6 is 12.2 Å². The number of rotatable bonds is 4. The number of nitrogens with one attached hydrogen (secondary N) is 2. The first-order chi connectivity index (χ1) is 11.5. The molecule has 0 fully saturated rings. The van der Waals surface area contributed by atoms with Gasteiger partial charge in [-0.1, -0.05) is 30.3 Å². The molecule has 0 atom stereocenters. The number of ether oxygens (including phenoxy) is 1. The van der Waals surface area contributed by atoms with Gasteiger partial charge in [0.2, 0.25) is 5.91 Å². The van der Waals surface area contributed by atoms with Crippen molar-refractivity contribution in [1.29, 1.82) is 0 Å². The highest BCUT2D eigenvalue weighted by Crippen LogP contribution is 2.18. The van der Waals surface area contributed by atoms with E-state index >= 15 is 0 Å². The van der Waals surface area contributed by atoms with Crippen molar-refractivity contribution in [3.63, 3.8) is 0 Å². The Kier molecular flexibility index (Phi) is 6.09. The summed E-state index contributed by atoms with van der Waals surface area (Å²) in [6, 6.07) is 13.5. The number of anilines is 1. The van der Waals surface area contributed by atoms with Crippen LogP contribution in [0, 0.1) is 13.8 Å². The van der Waals surface area contributed by atoms with Crippen LogP contribution in [0.25, 0.3) is 6.08 Å². The van der Waals surface area contributed by atoms with Crippen LogP contribution < -0.4 is 15.4 Å². The van der Waals surface area contributed by atoms with Crippen molar-refractivity contribution in [1.82, 2.24) is 5.32 Å². The predicted molar refractivity (Wildman–Crippen MR) is 102 cm³/mol. The fourth-order valence-corrected chi connectivity index (χ4v) is 2.36. The highest BCUT2D eigenvalue weighted by atomic mass is 32.1. The summed E-state index contributed by atoms with van der Waals surface area (Å²) in [5.74, 6) is 0.404. The molecule has 0 unspecified atom stereocenters. The Morgan fingerprint density at radius 1 is 1.17 bits per heavy atom. The van der Waals surface area contributed by atoms with Gasteiger partial charge >= 0.3 is 0 Å². The van der Waals surface area contributed by atoms with Crippen molar-refractivity contribution < 1.29 is 9.53 Å². The van der Waals surface area contributed by atoms with E-state index in [9.17, 15) is 4.79 Å². The Balaban J connectivity index is 1.98. The normalized spacial score (nSPS) is 10.5. The molecular weight excluding hydrogens is 320 g/mol. The molecule has 0 aliphatic carbocycles. The van der Waals surface area contributed by atoms with Gasteiger partial charge < -0.3 is 10.1 Å². The number of hydrogen-bond acceptors (Lipinski definition) is 3. The van der Waals surface area contributed by atoms with Crippen molar-refractivity contribution in [2.75, 3.05) is 12.4 Å². The number of methoxy groups -OCH3 is 1. The number of benzene rings is 2. The molecule has 5 heteroatoms. The minimum Gasteiger partial charge on any atom is -0.496 e. The zero-order valence-corrected chi connectivity index (χ0v) is 14.7. The molecule has 24 heavy (non-hydrogen) atoms. The van der Waals surface area contributed by atoms with E-state index in [4.69, 9.17) is 17.0 Å². The van der Waals surface area contributed by atoms with E-state index in [-0.39, 0.29) is 11.0 Å². The van der Waals surface area contributed by atoms with Gasteiger partial charge in [-0.2, -0.15) is 0 Å². The van der Waals surface area contributed by atoms with Gasteiger partial charge in [-0.3, -0.25) is 10.1 Å². The first-order valence-corrected chi connectivity index (χ1v) is 7.90. The molecular formula is C19H20N2O2S. The summed E-state index contributed by atoms with van der Waals surface area (Å²) in [6.07, 6.45) is 3.11. The Hall–Kier alpha value is -2.66. The molecule has 4 nitrogen and oxygen atoms in total. The second-order valence-electron chi connectivity index (χ2n) is 5.34. The number of amides is 1. The number of hydrogen-bond donors (Lipinski definition) is 2. The standard InChI is InChI=1S/C19H20N2O2S/c1-13-8-9-14(2)16(12-13)20-19(24)21-18(22)11-10-15-6-4-5-7-17(15)23-3/h4-12H,1-3H3,(H2,20,21,22,24)/b11-10+. The summed E-state index contributed by atoms with van der Waals surface area (Å²) in [7, 11) is 1.59. The zero-order chi connectivity index (χ0) is 17.5. The van der Waals surface area contributed by atoms with Crippen LogP contribution in [0.5, 0.6) is 5.75 Å². The Morgan fingerprint density at radius 3 is 2.67 bits per heavy atom. The molecule has 0 aromatic heterocycles. The van der Waals surface area contributed by atoms with Gasteiger partial charge in [-0.05, 0) is 55.4 Å². The minimum atomic E-state index is -0.302. The fraction of sp³-hybridized carbons (Fsp3) is 0.158. The number of carbonyl (C=O) groups is 1. The highest BCUT2D eigenvalue weighted by molar-refractivity contribution is 7.80. The molecule has 0 aliphatic rings. The average Bonchev–Trinajstić information content (AvgIpc) is 2.56. The van der Waals surface area contributed by atoms with Crippen LogP contribution in [-0.4, -0.2) is 18.1 Å². The summed E-state index contributed by atoms with van der Waals surface area (Å²) < 4.78 is 5.24. The molecule has 2 aromatic rings. The van der Waals surface area contributed by atoms with Crippen molar-refractivity contribution in [3.05, 3.63) is 65.2 Å². The second kappa shape index (κ2) is 8.26. The third-order valence-corrected chi connectivity index (χ3v) is 3.64. The van der Waals surface area contributed by atoms with Gasteiger partial charge in [0.1, 0.15) is 5.75 Å². The van der Waals surface area contributed by atoms with Gasteiger partial charge in [0, 0.05) is 17.3 Å². The molecule has 1 amide bonds. The summed E-state index contributed by atoms with van der Waals surface area (Å²) in [5, 5.41) is 5.94. The van der Waals surface area contributed by atoms with Crippen molar-refractivity contribution >= 4 is 35.0 Å². The van der Waals surface area contributed by atoms with Gasteiger partial charge in [0.15, 0.2) is 5.11 Å². The third kappa shape index (κ3) is 4.93. The lowest BCUT2D eigenvalue weighted by molar-refractivity contribution is -0.115. The Labute approximate surface area is 147 Å². The third-order valence-electron chi connectivity index (χ3n) is 3.43. The quantitative estimate of drug-likeness (QED) is 0.656. The number of carbonyl (C=O) groups excluding carboxylic acids is 1. The first kappa shape index (κ1) is 17.7. The topological polar surface area (TPSA) is 50.4 Å². The van der Waals surface area contributed by atoms with Crippen LogP contribution in [0.1, 0.15) is 16.7 Å². The van der Waals surface area contributed by atoms with Gasteiger partial charge in [0.25, 0.3) is 0 Å². The maximum absolute atomic E-state index is 12.0. The molecule has 0 saturated carbocycles. The zero-order valence-electron chi connectivity index (χ0n) is 13.9. The lowest BCUT2D eigenvalue weighted by Crippen LogP contribution is -2.33. The minimum absolute atomic E-state index is 0.262. The molecule has 0 aliphatic heterocycles. The monoisotopic (exact) mass is 340 g/mol. The Bertz CT molecular complexity index is 785. The Morgan fingerprint density at radius 2 is 1.92 bits per heavy atom. The van der Waals surface area contributed by atoms with E-state index in [2.05, 4.69) is 10.6 Å². The molecule has 2 N–H and O–H groups in total. The number of thiocarbonyl (C=S) groups is 1. The maximum Gasteiger partial charge on any atom is 0.250 e. The summed E-state index contributed by atoms with van der Waals surface area (Å²) >= 11 is 5.19. The van der Waals surface area contributed by atoms with Gasteiger partial charge in [0.05, 0.1) is 7.11 Å². The van der Waals surface area contributed by atoms with Crippen LogP contribution in [-0.2, 0) is 4.79 Å². The number of para-hydroxylation sites is 1. The second-order valence-corrected chi connectivity index (χ2v) is 5.75. The van der Waals surface area contributed by atoms with E-state index in [1.165, 1.54) is 6.08 Å². The molecule has 0 radical (unpaired) electrons. The van der Waals surface area contributed by atoms with Crippen molar-refractivity contribution in [2.24, 2.45) is 0 Å². The van der Waals surface area contributed by atoms with E-state index in [1.54, 1.807) is 13.2 Å². The molecule has 0 heterocycles. The first-order valence-electron chi connectivity index (χ1n) is 7.50. The number of aryl methyl sites for hydroxylation is 2. The molecule has 0 spiro atoms. The highest BCUT2D eigenvalue weighted by Gasteiger charge is 2.05. The van der Waals surface area contributed by atoms with Crippen LogP contribution in [0.3, 0.4) is 0 Å². The van der Waals surface area contributed by atoms with Crippen LogP contribution in [0.2, 0.25) is 0 Å². The summed E-state index contributed by atoms with van der Waals surface area (Å²) in [5.41, 5.74) is 3.88. The lowest BCUT2D eigenvalue weighted by Gasteiger charge is -2.11. The molecule has 2 rings (SSSR count). The van der Waals surface area contributed by atoms with Gasteiger partial charge in [-0.25, -0.2) is 0 Å². The largest absolute Gasteiger partial charge is 0.496 e. The summed E-state index contributed by atoms with van der Waals surface area (Å²) in [4.78, 5) is 12.0. The SMILES string of the molecule is COc1ccccc1/C=C/C(=O)NC(=S)Nc1cc(C)ccc1C. The molecule has 124 valence electrons. The average molecular weight is 340 g/mol. The molecule has 0 bridgehead atoms. The van der Waals surface area contributed by atoms with E-state index in [1.807, 2.05) is 56.3 Å². The maximum atomic E-state index is 12.0. The van der Waals surface area contributed by atoms with E-state index in [0.717, 1.165) is 22.4 Å². The van der Waals surface area contributed by atoms with Crippen molar-refractivity contribution in [3.8, 4) is 5.75 Å². The molecule has 0 saturated heterocycles. The van der Waals surface area contributed by atoms with Crippen LogP contribution in [0.4, 0.5) is 5.69 Å². The smallest absolute Gasteiger partial charge is 0.250 e.